The maximum absolute atomic E-state index is 13.1. The van der Waals surface area contributed by atoms with Crippen molar-refractivity contribution in [2.24, 2.45) is 0 Å². The summed E-state index contributed by atoms with van der Waals surface area (Å²) in [5, 5.41) is 3.56. The Morgan fingerprint density at radius 3 is 2.61 bits per heavy atom. The van der Waals surface area contributed by atoms with Gasteiger partial charge in [0.15, 0.2) is 0 Å². The predicted molar refractivity (Wildman–Crippen MR) is 109 cm³/mol. The number of amides is 1. The summed E-state index contributed by atoms with van der Waals surface area (Å²) >= 11 is 0. The first kappa shape index (κ1) is 18.0. The summed E-state index contributed by atoms with van der Waals surface area (Å²) in [5.74, 6) is 0.790. The fourth-order valence-corrected chi connectivity index (χ4v) is 3.59. The molecular weight excluding hydrogens is 350 g/mol. The number of carbonyl (C=O) groups excluding carboxylic acids is 1. The van der Waals surface area contributed by atoms with E-state index in [-0.39, 0.29) is 12.1 Å². The summed E-state index contributed by atoms with van der Waals surface area (Å²) in [4.78, 5) is 19.5. The monoisotopic (exact) mass is 373 g/mol. The standard InChI is InChI=1S/C23H23N3O2/c1-3-17-7-4-5-9-20(17)25-22-21-19(8-6-14-24-21)23(27)26(22)15-16-10-12-18(28-2)13-11-16/h4-14,22,25H,3,15H2,1-2H3/t22-/m1/s1. The van der Waals surface area contributed by atoms with Crippen molar-refractivity contribution in [2.75, 3.05) is 12.4 Å². The number of para-hydroxylation sites is 1. The lowest BCUT2D eigenvalue weighted by Gasteiger charge is -2.27. The molecule has 4 rings (SSSR count). The summed E-state index contributed by atoms with van der Waals surface area (Å²) < 4.78 is 5.23. The van der Waals surface area contributed by atoms with E-state index in [1.165, 1.54) is 5.56 Å². The smallest absolute Gasteiger partial charge is 0.258 e. The molecule has 0 unspecified atom stereocenters. The van der Waals surface area contributed by atoms with E-state index in [0.29, 0.717) is 12.1 Å². The lowest BCUT2D eigenvalue weighted by molar-refractivity contribution is 0.0727. The number of nitrogens with zero attached hydrogens (tertiary/aromatic N) is 2. The Morgan fingerprint density at radius 2 is 1.86 bits per heavy atom. The van der Waals surface area contributed by atoms with Crippen molar-refractivity contribution < 1.29 is 9.53 Å². The first-order valence-corrected chi connectivity index (χ1v) is 9.44. The Bertz CT molecular complexity index is 985. The molecule has 0 aliphatic carbocycles. The zero-order valence-corrected chi connectivity index (χ0v) is 16.1. The zero-order chi connectivity index (χ0) is 19.5. The molecule has 0 spiro atoms. The number of ether oxygens (including phenoxy) is 1. The third kappa shape index (κ3) is 3.31. The minimum atomic E-state index is -0.307. The van der Waals surface area contributed by atoms with E-state index in [0.717, 1.165) is 29.1 Å². The summed E-state index contributed by atoms with van der Waals surface area (Å²) in [6.07, 6.45) is 2.35. The van der Waals surface area contributed by atoms with Crippen molar-refractivity contribution in [1.29, 1.82) is 0 Å². The van der Waals surface area contributed by atoms with Gasteiger partial charge in [-0.25, -0.2) is 0 Å². The minimum absolute atomic E-state index is 0.00889. The SMILES string of the molecule is CCc1ccccc1N[C@H]1c2ncccc2C(=O)N1Cc1ccc(OC)cc1. The normalized spacial score (nSPS) is 15.4. The molecule has 2 heterocycles. The van der Waals surface area contributed by atoms with E-state index in [2.05, 4.69) is 29.4 Å². The third-order valence-corrected chi connectivity index (χ3v) is 5.10. The molecule has 1 aliphatic heterocycles. The largest absolute Gasteiger partial charge is 0.497 e. The summed E-state index contributed by atoms with van der Waals surface area (Å²) in [7, 11) is 1.65. The number of carbonyl (C=O) groups is 1. The van der Waals surface area contributed by atoms with Crippen LogP contribution in [-0.2, 0) is 13.0 Å². The van der Waals surface area contributed by atoms with Crippen molar-refractivity contribution in [2.45, 2.75) is 26.1 Å². The van der Waals surface area contributed by atoms with Crippen LogP contribution < -0.4 is 10.1 Å². The zero-order valence-electron chi connectivity index (χ0n) is 16.1. The Labute approximate surface area is 165 Å². The Morgan fingerprint density at radius 1 is 1.07 bits per heavy atom. The van der Waals surface area contributed by atoms with Crippen LogP contribution in [0.1, 0.15) is 40.3 Å². The molecule has 5 nitrogen and oxygen atoms in total. The van der Waals surface area contributed by atoms with Crippen LogP contribution in [0, 0.1) is 0 Å². The Kier molecular flexibility index (Phi) is 4.98. The van der Waals surface area contributed by atoms with Gasteiger partial charge in [0.2, 0.25) is 0 Å². The lowest BCUT2D eigenvalue weighted by Crippen LogP contribution is -2.32. The molecule has 0 saturated heterocycles. The van der Waals surface area contributed by atoms with E-state index in [4.69, 9.17) is 4.74 Å². The second-order valence-electron chi connectivity index (χ2n) is 6.77. The molecule has 142 valence electrons. The number of fused-ring (bicyclic) bond motifs is 1. The second-order valence-corrected chi connectivity index (χ2v) is 6.77. The predicted octanol–water partition coefficient (Wildman–Crippen LogP) is 4.42. The van der Waals surface area contributed by atoms with Crippen LogP contribution in [0.2, 0.25) is 0 Å². The van der Waals surface area contributed by atoms with Gasteiger partial charge in [-0.2, -0.15) is 0 Å². The van der Waals surface area contributed by atoms with Crippen molar-refractivity contribution in [1.82, 2.24) is 9.88 Å². The molecule has 0 fully saturated rings. The van der Waals surface area contributed by atoms with Gasteiger partial charge in [0.05, 0.1) is 18.4 Å². The van der Waals surface area contributed by atoms with Gasteiger partial charge >= 0.3 is 0 Å². The summed E-state index contributed by atoms with van der Waals surface area (Å²) in [6, 6.07) is 19.6. The highest BCUT2D eigenvalue weighted by Gasteiger charge is 2.38. The van der Waals surface area contributed by atoms with E-state index in [1.54, 1.807) is 13.3 Å². The van der Waals surface area contributed by atoms with Gasteiger partial charge in [0.1, 0.15) is 11.9 Å². The molecular formula is C23H23N3O2. The topological polar surface area (TPSA) is 54.5 Å². The maximum atomic E-state index is 13.1. The van der Waals surface area contributed by atoms with Gasteiger partial charge in [-0.05, 0) is 47.9 Å². The average Bonchev–Trinajstić information content (AvgIpc) is 3.01. The molecule has 2 aromatic carbocycles. The van der Waals surface area contributed by atoms with E-state index in [1.807, 2.05) is 53.4 Å². The van der Waals surface area contributed by atoms with Crippen molar-refractivity contribution in [3.05, 3.63) is 89.2 Å². The van der Waals surface area contributed by atoms with E-state index >= 15 is 0 Å². The number of rotatable bonds is 6. The Balaban J connectivity index is 1.68. The molecule has 1 atom stereocenters. The van der Waals surface area contributed by atoms with Crippen molar-refractivity contribution in [3.63, 3.8) is 0 Å². The van der Waals surface area contributed by atoms with Crippen LogP contribution in [0.25, 0.3) is 0 Å². The molecule has 0 radical (unpaired) electrons. The van der Waals surface area contributed by atoms with Gasteiger partial charge in [-0.15, -0.1) is 0 Å². The molecule has 1 aliphatic rings. The molecule has 1 aromatic heterocycles. The van der Waals surface area contributed by atoms with Crippen LogP contribution in [0.5, 0.6) is 5.75 Å². The number of hydrogen-bond acceptors (Lipinski definition) is 4. The third-order valence-electron chi connectivity index (χ3n) is 5.10. The first-order valence-electron chi connectivity index (χ1n) is 9.44. The molecule has 3 aromatic rings. The number of nitrogens with one attached hydrogen (secondary N) is 1. The quantitative estimate of drug-likeness (QED) is 0.695. The second kappa shape index (κ2) is 7.72. The van der Waals surface area contributed by atoms with Gasteiger partial charge in [-0.1, -0.05) is 37.3 Å². The van der Waals surface area contributed by atoms with Gasteiger partial charge in [0, 0.05) is 18.4 Å². The number of hydrogen-bond donors (Lipinski definition) is 1. The van der Waals surface area contributed by atoms with Crippen LogP contribution in [0.4, 0.5) is 5.69 Å². The fourth-order valence-electron chi connectivity index (χ4n) is 3.59. The molecule has 0 saturated carbocycles. The van der Waals surface area contributed by atoms with Gasteiger partial charge in [-0.3, -0.25) is 9.78 Å². The van der Waals surface area contributed by atoms with Crippen LogP contribution in [0.3, 0.4) is 0 Å². The van der Waals surface area contributed by atoms with Gasteiger partial charge < -0.3 is 15.0 Å². The molecule has 5 heteroatoms. The summed E-state index contributed by atoms with van der Waals surface area (Å²) in [5.41, 5.74) is 4.71. The highest BCUT2D eigenvalue weighted by molar-refractivity contribution is 5.98. The number of anilines is 1. The number of pyridine rings is 1. The molecule has 0 bridgehead atoms. The average molecular weight is 373 g/mol. The van der Waals surface area contributed by atoms with Crippen LogP contribution >= 0.6 is 0 Å². The van der Waals surface area contributed by atoms with Gasteiger partial charge in [0.25, 0.3) is 5.91 Å². The van der Waals surface area contributed by atoms with E-state index in [9.17, 15) is 4.79 Å². The maximum Gasteiger partial charge on any atom is 0.258 e. The van der Waals surface area contributed by atoms with Crippen LogP contribution in [0.15, 0.2) is 66.9 Å². The van der Waals surface area contributed by atoms with Crippen LogP contribution in [-0.4, -0.2) is 22.9 Å². The highest BCUT2D eigenvalue weighted by Crippen LogP contribution is 2.35. The molecule has 1 amide bonds. The number of methoxy groups -OCH3 is 1. The highest BCUT2D eigenvalue weighted by atomic mass is 16.5. The van der Waals surface area contributed by atoms with Crippen molar-refractivity contribution >= 4 is 11.6 Å². The van der Waals surface area contributed by atoms with E-state index < -0.39 is 0 Å². The summed E-state index contributed by atoms with van der Waals surface area (Å²) in [6.45, 7) is 2.62. The number of aromatic nitrogens is 1. The lowest BCUT2D eigenvalue weighted by atomic mass is 10.1. The first-order chi connectivity index (χ1) is 13.7. The van der Waals surface area contributed by atoms with Crippen molar-refractivity contribution in [3.8, 4) is 5.75 Å². The number of benzene rings is 2. The molecule has 28 heavy (non-hydrogen) atoms. The molecule has 1 N–H and O–H groups in total. The number of aryl methyl sites for hydroxylation is 1. The minimum Gasteiger partial charge on any atom is -0.497 e. The Hall–Kier alpha value is -3.34. The fraction of sp³-hybridized carbons (Fsp3) is 0.217.